The SMILES string of the molecule is CC(C)[C@H](NC(=O)c1cccc(CN2CCCC2)c1)C(=O)O. The van der Waals surface area contributed by atoms with Gasteiger partial charge in [0.2, 0.25) is 0 Å². The maximum atomic E-state index is 12.3. The van der Waals surface area contributed by atoms with E-state index in [1.807, 2.05) is 18.2 Å². The largest absolute Gasteiger partial charge is 0.480 e. The highest BCUT2D eigenvalue weighted by Gasteiger charge is 2.24. The highest BCUT2D eigenvalue weighted by molar-refractivity contribution is 5.96. The second-order valence-corrected chi connectivity index (χ2v) is 6.22. The fourth-order valence-electron chi connectivity index (χ4n) is 2.75. The van der Waals surface area contributed by atoms with Crippen molar-refractivity contribution in [2.75, 3.05) is 13.1 Å². The minimum Gasteiger partial charge on any atom is -0.480 e. The van der Waals surface area contributed by atoms with E-state index >= 15 is 0 Å². The molecule has 0 aliphatic carbocycles. The number of carbonyl (C=O) groups excluding carboxylic acids is 1. The van der Waals surface area contributed by atoms with E-state index in [4.69, 9.17) is 5.11 Å². The molecule has 2 rings (SSSR count). The lowest BCUT2D eigenvalue weighted by atomic mass is 10.0. The van der Waals surface area contributed by atoms with E-state index in [0.717, 1.165) is 25.2 Å². The Bertz CT molecular complexity index is 536. The third-order valence-electron chi connectivity index (χ3n) is 4.01. The van der Waals surface area contributed by atoms with Crippen LogP contribution in [-0.2, 0) is 11.3 Å². The maximum absolute atomic E-state index is 12.3. The summed E-state index contributed by atoms with van der Waals surface area (Å²) in [4.78, 5) is 25.8. The lowest BCUT2D eigenvalue weighted by Gasteiger charge is -2.18. The van der Waals surface area contributed by atoms with E-state index in [-0.39, 0.29) is 11.8 Å². The van der Waals surface area contributed by atoms with Gasteiger partial charge in [-0.15, -0.1) is 0 Å². The Balaban J connectivity index is 2.04. The van der Waals surface area contributed by atoms with Crippen molar-refractivity contribution < 1.29 is 14.7 Å². The van der Waals surface area contributed by atoms with Gasteiger partial charge in [-0.1, -0.05) is 26.0 Å². The van der Waals surface area contributed by atoms with Gasteiger partial charge in [-0.25, -0.2) is 4.79 Å². The lowest BCUT2D eigenvalue weighted by molar-refractivity contribution is -0.140. The molecule has 0 bridgehead atoms. The third kappa shape index (κ3) is 4.31. The van der Waals surface area contributed by atoms with E-state index in [1.165, 1.54) is 12.8 Å². The van der Waals surface area contributed by atoms with Crippen molar-refractivity contribution in [1.82, 2.24) is 10.2 Å². The molecule has 0 spiro atoms. The van der Waals surface area contributed by atoms with Crippen molar-refractivity contribution in [2.45, 2.75) is 39.3 Å². The van der Waals surface area contributed by atoms with Crippen LogP contribution in [0.1, 0.15) is 42.6 Å². The molecule has 1 heterocycles. The van der Waals surface area contributed by atoms with E-state index in [9.17, 15) is 9.59 Å². The molecule has 5 nitrogen and oxygen atoms in total. The predicted octanol–water partition coefficient (Wildman–Crippen LogP) is 2.12. The summed E-state index contributed by atoms with van der Waals surface area (Å²) in [5, 5.41) is 11.8. The predicted molar refractivity (Wildman–Crippen MR) is 84.7 cm³/mol. The first-order chi connectivity index (χ1) is 10.5. The van der Waals surface area contributed by atoms with Crippen LogP contribution in [-0.4, -0.2) is 41.0 Å². The summed E-state index contributed by atoms with van der Waals surface area (Å²) in [6, 6.07) is 6.57. The number of amides is 1. The van der Waals surface area contributed by atoms with Crippen LogP contribution in [0.15, 0.2) is 24.3 Å². The Morgan fingerprint density at radius 3 is 2.55 bits per heavy atom. The Morgan fingerprint density at radius 1 is 1.27 bits per heavy atom. The molecule has 1 amide bonds. The van der Waals surface area contributed by atoms with Crippen LogP contribution in [0, 0.1) is 5.92 Å². The summed E-state index contributed by atoms with van der Waals surface area (Å²) in [5.74, 6) is -1.49. The van der Waals surface area contributed by atoms with Crippen LogP contribution in [0.25, 0.3) is 0 Å². The first-order valence-electron chi connectivity index (χ1n) is 7.82. The normalized spacial score (nSPS) is 16.7. The highest BCUT2D eigenvalue weighted by atomic mass is 16.4. The number of aliphatic carboxylic acids is 1. The Morgan fingerprint density at radius 2 is 1.95 bits per heavy atom. The molecule has 0 radical (unpaired) electrons. The summed E-state index contributed by atoms with van der Waals surface area (Å²) < 4.78 is 0. The van der Waals surface area contributed by atoms with Gasteiger partial charge in [0.05, 0.1) is 0 Å². The minimum atomic E-state index is -1.00. The minimum absolute atomic E-state index is 0.158. The zero-order chi connectivity index (χ0) is 16.1. The van der Waals surface area contributed by atoms with Crippen molar-refractivity contribution in [1.29, 1.82) is 0 Å². The topological polar surface area (TPSA) is 69.6 Å². The Hall–Kier alpha value is -1.88. The molecule has 5 heteroatoms. The average molecular weight is 304 g/mol. The second-order valence-electron chi connectivity index (χ2n) is 6.22. The summed E-state index contributed by atoms with van der Waals surface area (Å²) in [6.07, 6.45) is 2.46. The number of carbonyl (C=O) groups is 2. The Labute approximate surface area is 131 Å². The molecular weight excluding hydrogens is 280 g/mol. The molecule has 1 aromatic carbocycles. The van der Waals surface area contributed by atoms with Crippen molar-refractivity contribution in [2.24, 2.45) is 5.92 Å². The van der Waals surface area contributed by atoms with Crippen LogP contribution < -0.4 is 5.32 Å². The molecule has 1 aliphatic heterocycles. The number of hydrogen-bond donors (Lipinski definition) is 2. The molecule has 0 saturated carbocycles. The molecule has 1 aliphatic rings. The summed E-state index contributed by atoms with van der Waals surface area (Å²) in [7, 11) is 0. The Kier molecular flexibility index (Phi) is 5.55. The molecule has 0 aromatic heterocycles. The average Bonchev–Trinajstić information content (AvgIpc) is 2.97. The summed E-state index contributed by atoms with van der Waals surface area (Å²) in [6.45, 7) is 6.61. The first kappa shape index (κ1) is 16.5. The first-order valence-corrected chi connectivity index (χ1v) is 7.82. The van der Waals surface area contributed by atoms with E-state index < -0.39 is 12.0 Å². The zero-order valence-electron chi connectivity index (χ0n) is 13.2. The van der Waals surface area contributed by atoms with Crippen LogP contribution in [0.5, 0.6) is 0 Å². The second kappa shape index (κ2) is 7.40. The molecule has 2 N–H and O–H groups in total. The fourth-order valence-corrected chi connectivity index (χ4v) is 2.75. The standard InChI is InChI=1S/C17H24N2O3/c1-12(2)15(17(21)22)18-16(20)14-7-5-6-13(10-14)11-19-8-3-4-9-19/h5-7,10,12,15H,3-4,8-9,11H2,1-2H3,(H,18,20)(H,21,22)/t15-/m0/s1. The number of carboxylic acids is 1. The number of carboxylic acid groups (broad SMARTS) is 1. The number of rotatable bonds is 6. The number of hydrogen-bond acceptors (Lipinski definition) is 3. The molecular formula is C17H24N2O3. The molecule has 22 heavy (non-hydrogen) atoms. The third-order valence-corrected chi connectivity index (χ3v) is 4.01. The maximum Gasteiger partial charge on any atom is 0.326 e. The van der Waals surface area contributed by atoms with Gasteiger partial charge in [0, 0.05) is 12.1 Å². The number of nitrogens with zero attached hydrogens (tertiary/aromatic N) is 1. The van der Waals surface area contributed by atoms with Crippen molar-refractivity contribution in [3.63, 3.8) is 0 Å². The molecule has 1 atom stereocenters. The van der Waals surface area contributed by atoms with E-state index in [0.29, 0.717) is 5.56 Å². The van der Waals surface area contributed by atoms with Crippen molar-refractivity contribution in [3.05, 3.63) is 35.4 Å². The van der Waals surface area contributed by atoms with Crippen LogP contribution in [0.2, 0.25) is 0 Å². The van der Waals surface area contributed by atoms with Gasteiger partial charge in [0.1, 0.15) is 6.04 Å². The van der Waals surface area contributed by atoms with Gasteiger partial charge >= 0.3 is 5.97 Å². The fraction of sp³-hybridized carbons (Fsp3) is 0.529. The monoisotopic (exact) mass is 304 g/mol. The molecule has 1 aromatic rings. The van der Waals surface area contributed by atoms with Gasteiger partial charge in [-0.05, 0) is 49.5 Å². The molecule has 1 fully saturated rings. The van der Waals surface area contributed by atoms with E-state index in [1.54, 1.807) is 19.9 Å². The molecule has 120 valence electrons. The smallest absolute Gasteiger partial charge is 0.326 e. The quantitative estimate of drug-likeness (QED) is 0.844. The number of likely N-dealkylation sites (tertiary alicyclic amines) is 1. The summed E-state index contributed by atoms with van der Waals surface area (Å²) in [5.41, 5.74) is 1.61. The molecule has 1 saturated heterocycles. The van der Waals surface area contributed by atoms with Crippen LogP contribution in [0.4, 0.5) is 0 Å². The van der Waals surface area contributed by atoms with Gasteiger partial charge in [-0.2, -0.15) is 0 Å². The number of nitrogens with one attached hydrogen (secondary N) is 1. The van der Waals surface area contributed by atoms with Crippen LogP contribution in [0.3, 0.4) is 0 Å². The van der Waals surface area contributed by atoms with Gasteiger partial charge < -0.3 is 10.4 Å². The highest BCUT2D eigenvalue weighted by Crippen LogP contribution is 2.14. The van der Waals surface area contributed by atoms with Gasteiger partial charge in [0.15, 0.2) is 0 Å². The molecule has 0 unspecified atom stereocenters. The van der Waals surface area contributed by atoms with E-state index in [2.05, 4.69) is 10.2 Å². The lowest BCUT2D eigenvalue weighted by Crippen LogP contribution is -2.44. The van der Waals surface area contributed by atoms with Crippen LogP contribution >= 0.6 is 0 Å². The zero-order valence-corrected chi connectivity index (χ0v) is 13.2. The summed E-state index contributed by atoms with van der Waals surface area (Å²) >= 11 is 0. The van der Waals surface area contributed by atoms with Crippen molar-refractivity contribution >= 4 is 11.9 Å². The van der Waals surface area contributed by atoms with Gasteiger partial charge in [0.25, 0.3) is 5.91 Å². The van der Waals surface area contributed by atoms with Gasteiger partial charge in [-0.3, -0.25) is 9.69 Å². The van der Waals surface area contributed by atoms with Crippen molar-refractivity contribution in [3.8, 4) is 0 Å². The number of benzene rings is 1.